The lowest BCUT2D eigenvalue weighted by Crippen LogP contribution is -2.27. The van der Waals surface area contributed by atoms with Gasteiger partial charge >= 0.3 is 0 Å². The van der Waals surface area contributed by atoms with Crippen LogP contribution < -0.4 is 10.1 Å². The molecule has 1 aliphatic heterocycles. The van der Waals surface area contributed by atoms with Crippen LogP contribution in [0.25, 0.3) is 0 Å². The van der Waals surface area contributed by atoms with Gasteiger partial charge < -0.3 is 14.8 Å². The first-order valence-corrected chi connectivity index (χ1v) is 8.13. The summed E-state index contributed by atoms with van der Waals surface area (Å²) in [6.45, 7) is 3.78. The normalized spacial score (nSPS) is 18.7. The van der Waals surface area contributed by atoms with Crippen LogP contribution in [-0.2, 0) is 4.74 Å². The van der Waals surface area contributed by atoms with Crippen LogP contribution in [-0.4, -0.2) is 32.4 Å². The number of rotatable bonds is 8. The third-order valence-electron chi connectivity index (χ3n) is 3.23. The fourth-order valence-electron chi connectivity index (χ4n) is 2.14. The van der Waals surface area contributed by atoms with Crippen LogP contribution in [0.5, 0.6) is 5.75 Å². The average molecular weight is 375 g/mol. The standard InChI is InChI=1S/C15H22INO2/c16-13-5-7-14(8-6-13)18-10-2-1-9-17-12-15-4-3-11-19-15/h5-8,15,17H,1-4,9-12H2/t15-/m0/s1. The second-order valence-corrected chi connectivity index (χ2v) is 6.09. The lowest BCUT2D eigenvalue weighted by molar-refractivity contribution is 0.110. The second kappa shape index (κ2) is 8.76. The monoisotopic (exact) mass is 375 g/mol. The smallest absolute Gasteiger partial charge is 0.119 e. The van der Waals surface area contributed by atoms with E-state index < -0.39 is 0 Å². The number of hydrogen-bond acceptors (Lipinski definition) is 3. The van der Waals surface area contributed by atoms with E-state index >= 15 is 0 Å². The molecule has 1 atom stereocenters. The fraction of sp³-hybridized carbons (Fsp3) is 0.600. The second-order valence-electron chi connectivity index (χ2n) is 4.85. The molecule has 0 saturated carbocycles. The van der Waals surface area contributed by atoms with Gasteiger partial charge in [-0.2, -0.15) is 0 Å². The van der Waals surface area contributed by atoms with Gasteiger partial charge in [0.15, 0.2) is 0 Å². The van der Waals surface area contributed by atoms with Crippen molar-refractivity contribution in [3.63, 3.8) is 0 Å². The Morgan fingerprint density at radius 1 is 1.26 bits per heavy atom. The zero-order valence-electron chi connectivity index (χ0n) is 11.2. The molecule has 0 amide bonds. The molecule has 1 aromatic rings. The number of hydrogen-bond donors (Lipinski definition) is 1. The molecular weight excluding hydrogens is 353 g/mol. The van der Waals surface area contributed by atoms with Gasteiger partial charge in [0.25, 0.3) is 0 Å². The van der Waals surface area contributed by atoms with Gasteiger partial charge in [-0.15, -0.1) is 0 Å². The van der Waals surface area contributed by atoms with E-state index in [1.807, 2.05) is 12.1 Å². The van der Waals surface area contributed by atoms with Crippen LogP contribution in [0, 0.1) is 3.57 Å². The number of benzene rings is 1. The van der Waals surface area contributed by atoms with Crippen molar-refractivity contribution in [2.45, 2.75) is 31.8 Å². The Morgan fingerprint density at radius 3 is 2.84 bits per heavy atom. The molecule has 0 unspecified atom stereocenters. The van der Waals surface area contributed by atoms with Crippen LogP contribution in [0.4, 0.5) is 0 Å². The van der Waals surface area contributed by atoms with Gasteiger partial charge in [-0.3, -0.25) is 0 Å². The lowest BCUT2D eigenvalue weighted by atomic mass is 10.2. The molecular formula is C15H22INO2. The number of ether oxygens (including phenoxy) is 2. The van der Waals surface area contributed by atoms with Gasteiger partial charge in [-0.1, -0.05) is 0 Å². The summed E-state index contributed by atoms with van der Waals surface area (Å²) in [5, 5.41) is 3.45. The topological polar surface area (TPSA) is 30.5 Å². The molecule has 1 fully saturated rings. The summed E-state index contributed by atoms with van der Waals surface area (Å²) in [6, 6.07) is 8.19. The Labute approximate surface area is 129 Å². The molecule has 0 radical (unpaired) electrons. The molecule has 1 saturated heterocycles. The number of halogens is 1. The molecule has 0 spiro atoms. The molecule has 3 nitrogen and oxygen atoms in total. The van der Waals surface area contributed by atoms with Gasteiger partial charge in [0, 0.05) is 16.7 Å². The maximum atomic E-state index is 5.69. The van der Waals surface area contributed by atoms with Crippen molar-refractivity contribution >= 4 is 22.6 Å². The molecule has 1 aromatic carbocycles. The molecule has 1 aliphatic rings. The van der Waals surface area contributed by atoms with Crippen LogP contribution >= 0.6 is 22.6 Å². The maximum Gasteiger partial charge on any atom is 0.119 e. The van der Waals surface area contributed by atoms with Crippen molar-refractivity contribution in [1.29, 1.82) is 0 Å². The first-order chi connectivity index (χ1) is 9.34. The fourth-order valence-corrected chi connectivity index (χ4v) is 2.50. The van der Waals surface area contributed by atoms with E-state index in [1.54, 1.807) is 0 Å². The summed E-state index contributed by atoms with van der Waals surface area (Å²) in [5.41, 5.74) is 0. The Kier molecular flexibility index (Phi) is 6.95. The maximum absolute atomic E-state index is 5.69. The Hall–Kier alpha value is -0.330. The Balaban J connectivity index is 1.44. The van der Waals surface area contributed by atoms with Gasteiger partial charge in [0.05, 0.1) is 12.7 Å². The van der Waals surface area contributed by atoms with E-state index in [2.05, 4.69) is 40.0 Å². The van der Waals surface area contributed by atoms with Gasteiger partial charge in [-0.25, -0.2) is 0 Å². The highest BCUT2D eigenvalue weighted by molar-refractivity contribution is 14.1. The summed E-state index contributed by atoms with van der Waals surface area (Å²) in [4.78, 5) is 0. The van der Waals surface area contributed by atoms with Crippen molar-refractivity contribution in [3.05, 3.63) is 27.8 Å². The molecule has 19 heavy (non-hydrogen) atoms. The van der Waals surface area contributed by atoms with Crippen LogP contribution in [0.3, 0.4) is 0 Å². The molecule has 4 heteroatoms. The van der Waals surface area contributed by atoms with Crippen molar-refractivity contribution in [2.75, 3.05) is 26.3 Å². The van der Waals surface area contributed by atoms with E-state index in [4.69, 9.17) is 9.47 Å². The van der Waals surface area contributed by atoms with Crippen molar-refractivity contribution < 1.29 is 9.47 Å². The quantitative estimate of drug-likeness (QED) is 0.559. The minimum atomic E-state index is 0.447. The lowest BCUT2D eigenvalue weighted by Gasteiger charge is -2.10. The van der Waals surface area contributed by atoms with E-state index in [-0.39, 0.29) is 0 Å². The van der Waals surface area contributed by atoms with Crippen molar-refractivity contribution in [3.8, 4) is 5.75 Å². The third kappa shape index (κ3) is 6.10. The van der Waals surface area contributed by atoms with Crippen LogP contribution in [0.15, 0.2) is 24.3 Å². The molecule has 1 N–H and O–H groups in total. The zero-order valence-corrected chi connectivity index (χ0v) is 13.4. The predicted octanol–water partition coefficient (Wildman–Crippen LogP) is 3.22. The summed E-state index contributed by atoms with van der Waals surface area (Å²) in [5.74, 6) is 0.965. The summed E-state index contributed by atoms with van der Waals surface area (Å²) in [7, 11) is 0. The number of unbranched alkanes of at least 4 members (excludes halogenated alkanes) is 1. The van der Waals surface area contributed by atoms with Gasteiger partial charge in [0.2, 0.25) is 0 Å². The summed E-state index contributed by atoms with van der Waals surface area (Å²) >= 11 is 2.30. The van der Waals surface area contributed by atoms with E-state index in [0.717, 1.165) is 44.9 Å². The van der Waals surface area contributed by atoms with Crippen LogP contribution in [0.1, 0.15) is 25.7 Å². The van der Waals surface area contributed by atoms with E-state index in [1.165, 1.54) is 16.4 Å². The highest BCUT2D eigenvalue weighted by Crippen LogP contribution is 2.13. The summed E-state index contributed by atoms with van der Waals surface area (Å²) in [6.07, 6.45) is 5.11. The molecule has 0 aromatic heterocycles. The highest BCUT2D eigenvalue weighted by atomic mass is 127. The highest BCUT2D eigenvalue weighted by Gasteiger charge is 2.13. The molecule has 1 heterocycles. The van der Waals surface area contributed by atoms with Crippen molar-refractivity contribution in [2.24, 2.45) is 0 Å². The summed E-state index contributed by atoms with van der Waals surface area (Å²) < 4.78 is 12.5. The SMILES string of the molecule is Ic1ccc(OCCCCNC[C@@H]2CCCO2)cc1. The third-order valence-corrected chi connectivity index (χ3v) is 3.95. The average Bonchev–Trinajstić information content (AvgIpc) is 2.93. The molecule has 0 aliphatic carbocycles. The predicted molar refractivity (Wildman–Crippen MR) is 85.7 cm³/mol. The zero-order chi connectivity index (χ0) is 13.3. The van der Waals surface area contributed by atoms with Gasteiger partial charge in [-0.05, 0) is 79.1 Å². The molecule has 2 rings (SSSR count). The van der Waals surface area contributed by atoms with E-state index in [0.29, 0.717) is 6.10 Å². The first kappa shape index (κ1) is 15.1. The molecule has 0 bridgehead atoms. The minimum absolute atomic E-state index is 0.447. The first-order valence-electron chi connectivity index (χ1n) is 7.05. The Morgan fingerprint density at radius 2 is 2.11 bits per heavy atom. The van der Waals surface area contributed by atoms with Crippen molar-refractivity contribution in [1.82, 2.24) is 5.32 Å². The van der Waals surface area contributed by atoms with Crippen LogP contribution in [0.2, 0.25) is 0 Å². The minimum Gasteiger partial charge on any atom is -0.494 e. The number of nitrogens with one attached hydrogen (secondary N) is 1. The van der Waals surface area contributed by atoms with E-state index in [9.17, 15) is 0 Å². The largest absolute Gasteiger partial charge is 0.494 e. The molecule has 106 valence electrons. The van der Waals surface area contributed by atoms with Gasteiger partial charge in [0.1, 0.15) is 5.75 Å². The Bertz CT molecular complexity index is 350.